The van der Waals surface area contributed by atoms with Crippen molar-refractivity contribution in [3.63, 3.8) is 0 Å². The van der Waals surface area contributed by atoms with Gasteiger partial charge in [-0.1, -0.05) is 13.8 Å². The van der Waals surface area contributed by atoms with Crippen molar-refractivity contribution in [2.75, 3.05) is 11.9 Å². The van der Waals surface area contributed by atoms with Crippen molar-refractivity contribution in [1.82, 2.24) is 14.4 Å². The van der Waals surface area contributed by atoms with Crippen LogP contribution in [0.15, 0.2) is 23.2 Å². The number of rotatable bonds is 2. The summed E-state index contributed by atoms with van der Waals surface area (Å²) in [6.07, 6.45) is 10.7. The fourth-order valence-electron chi connectivity index (χ4n) is 3.07. The molecule has 1 aliphatic carbocycles. The Morgan fingerprint density at radius 2 is 2.05 bits per heavy atom. The molecule has 0 unspecified atom stereocenters. The number of hydrogen-bond donors (Lipinski definition) is 0. The minimum Gasteiger partial charge on any atom is -0.354 e. The highest BCUT2D eigenvalue weighted by Crippen LogP contribution is 2.38. The molecule has 0 aromatic carbocycles. The van der Waals surface area contributed by atoms with Crippen molar-refractivity contribution in [3.05, 3.63) is 23.2 Å². The minimum absolute atomic E-state index is 0.491. The number of fused-ring (bicyclic) bond motifs is 1. The molecule has 0 saturated heterocycles. The molecular weight excluding hydrogens is 316 g/mol. The Bertz CT molecular complexity index is 609. The topological polar surface area (TPSA) is 33.4 Å². The first-order valence-corrected chi connectivity index (χ1v) is 7.98. The van der Waals surface area contributed by atoms with Crippen molar-refractivity contribution >= 4 is 27.4 Å². The van der Waals surface area contributed by atoms with E-state index < -0.39 is 0 Å². The quantitative estimate of drug-likeness (QED) is 0.833. The number of imidazole rings is 1. The summed E-state index contributed by atoms with van der Waals surface area (Å²) in [5.41, 5.74) is 1.42. The summed E-state index contributed by atoms with van der Waals surface area (Å²) in [5, 5.41) is 0. The van der Waals surface area contributed by atoms with Gasteiger partial charge in [-0.2, -0.15) is 0 Å². The van der Waals surface area contributed by atoms with Crippen LogP contribution in [0.3, 0.4) is 0 Å². The van der Waals surface area contributed by atoms with E-state index in [0.717, 1.165) is 16.1 Å². The first-order chi connectivity index (χ1) is 9.46. The normalized spacial score (nSPS) is 19.4. The SMILES string of the molecule is CN(c1nc(Br)cn2ccnc12)C1CCC(C)(C)CC1. The van der Waals surface area contributed by atoms with Gasteiger partial charge in [0.25, 0.3) is 0 Å². The van der Waals surface area contributed by atoms with Gasteiger partial charge in [0.15, 0.2) is 11.5 Å². The van der Waals surface area contributed by atoms with E-state index in [4.69, 9.17) is 0 Å². The highest BCUT2D eigenvalue weighted by molar-refractivity contribution is 9.10. The van der Waals surface area contributed by atoms with Crippen LogP contribution >= 0.6 is 15.9 Å². The van der Waals surface area contributed by atoms with Gasteiger partial charge in [-0.05, 0) is 47.0 Å². The van der Waals surface area contributed by atoms with Crippen molar-refractivity contribution < 1.29 is 0 Å². The molecule has 2 aromatic rings. The van der Waals surface area contributed by atoms with Crippen LogP contribution in [0.4, 0.5) is 5.82 Å². The Morgan fingerprint density at radius 1 is 1.35 bits per heavy atom. The molecule has 4 nitrogen and oxygen atoms in total. The lowest BCUT2D eigenvalue weighted by molar-refractivity contribution is 0.222. The number of anilines is 1. The second-order valence-electron chi connectivity index (χ2n) is 6.55. The maximum Gasteiger partial charge on any atom is 0.180 e. The third kappa shape index (κ3) is 2.55. The Hall–Kier alpha value is -1.10. The molecule has 2 heterocycles. The van der Waals surface area contributed by atoms with Crippen LogP contribution in [0.25, 0.3) is 5.65 Å². The highest BCUT2D eigenvalue weighted by atomic mass is 79.9. The van der Waals surface area contributed by atoms with E-state index in [9.17, 15) is 0 Å². The molecule has 108 valence electrons. The molecule has 5 heteroatoms. The van der Waals surface area contributed by atoms with Gasteiger partial charge in [0, 0.05) is 31.7 Å². The Labute approximate surface area is 128 Å². The lowest BCUT2D eigenvalue weighted by Gasteiger charge is -2.39. The molecule has 0 atom stereocenters. The summed E-state index contributed by atoms with van der Waals surface area (Å²) < 4.78 is 2.87. The Morgan fingerprint density at radius 3 is 2.75 bits per heavy atom. The van der Waals surface area contributed by atoms with Gasteiger partial charge in [0.1, 0.15) is 4.60 Å². The standard InChI is InChI=1S/C15H21BrN4/c1-15(2)6-4-11(5-7-15)19(3)14-13-17-8-9-20(13)10-12(16)18-14/h8-11H,4-7H2,1-3H3. The predicted molar refractivity (Wildman–Crippen MR) is 85.1 cm³/mol. The second-order valence-corrected chi connectivity index (χ2v) is 7.36. The number of nitrogens with zero attached hydrogens (tertiary/aromatic N) is 4. The lowest BCUT2D eigenvalue weighted by Crippen LogP contribution is -2.38. The molecule has 1 saturated carbocycles. The first kappa shape index (κ1) is 13.9. The molecule has 0 spiro atoms. The Kier molecular flexibility index (Phi) is 3.48. The van der Waals surface area contributed by atoms with Crippen LogP contribution < -0.4 is 4.90 Å². The molecule has 0 aliphatic heterocycles. The van der Waals surface area contributed by atoms with Crippen LogP contribution in [0.5, 0.6) is 0 Å². The van der Waals surface area contributed by atoms with Crippen molar-refractivity contribution in [2.45, 2.75) is 45.6 Å². The zero-order valence-electron chi connectivity index (χ0n) is 12.3. The van der Waals surface area contributed by atoms with Gasteiger partial charge in [0.2, 0.25) is 0 Å². The van der Waals surface area contributed by atoms with Crippen LogP contribution in [0, 0.1) is 5.41 Å². The van der Waals surface area contributed by atoms with E-state index in [-0.39, 0.29) is 0 Å². The van der Waals surface area contributed by atoms with Gasteiger partial charge in [-0.3, -0.25) is 0 Å². The lowest BCUT2D eigenvalue weighted by atomic mass is 9.75. The van der Waals surface area contributed by atoms with Crippen molar-refractivity contribution in [2.24, 2.45) is 5.41 Å². The van der Waals surface area contributed by atoms with Crippen molar-refractivity contribution in [1.29, 1.82) is 0 Å². The third-order valence-corrected chi connectivity index (χ3v) is 4.90. The van der Waals surface area contributed by atoms with Gasteiger partial charge in [-0.15, -0.1) is 0 Å². The number of hydrogen-bond acceptors (Lipinski definition) is 3. The molecular formula is C15H21BrN4. The van der Waals surface area contributed by atoms with Crippen LogP contribution in [-0.2, 0) is 0 Å². The van der Waals surface area contributed by atoms with Crippen LogP contribution in [0.1, 0.15) is 39.5 Å². The highest BCUT2D eigenvalue weighted by Gasteiger charge is 2.30. The van der Waals surface area contributed by atoms with Gasteiger partial charge in [0.05, 0.1) is 0 Å². The maximum absolute atomic E-state index is 4.64. The number of halogens is 1. The van der Waals surface area contributed by atoms with E-state index in [1.165, 1.54) is 25.7 Å². The van der Waals surface area contributed by atoms with Crippen LogP contribution in [-0.4, -0.2) is 27.5 Å². The molecule has 0 N–H and O–H groups in total. The summed E-state index contributed by atoms with van der Waals surface area (Å²) in [7, 11) is 2.15. The summed E-state index contributed by atoms with van der Waals surface area (Å²) in [6, 6.07) is 0.560. The van der Waals surface area contributed by atoms with E-state index in [2.05, 4.69) is 51.7 Å². The van der Waals surface area contributed by atoms with Gasteiger partial charge < -0.3 is 9.30 Å². The average molecular weight is 337 g/mol. The summed E-state index contributed by atoms with van der Waals surface area (Å²) in [4.78, 5) is 11.4. The van der Waals surface area contributed by atoms with Gasteiger partial charge in [-0.25, -0.2) is 9.97 Å². The fraction of sp³-hybridized carbons (Fsp3) is 0.600. The average Bonchev–Trinajstić information content (AvgIpc) is 2.85. The Balaban J connectivity index is 1.89. The monoisotopic (exact) mass is 336 g/mol. The zero-order valence-corrected chi connectivity index (χ0v) is 13.9. The smallest absolute Gasteiger partial charge is 0.180 e. The molecule has 0 bridgehead atoms. The predicted octanol–water partition coefficient (Wildman–Crippen LogP) is 3.90. The van der Waals surface area contributed by atoms with E-state index >= 15 is 0 Å². The first-order valence-electron chi connectivity index (χ1n) is 7.18. The van der Waals surface area contributed by atoms with Gasteiger partial charge >= 0.3 is 0 Å². The summed E-state index contributed by atoms with van der Waals surface area (Å²) in [6.45, 7) is 4.74. The summed E-state index contributed by atoms with van der Waals surface area (Å²) >= 11 is 3.49. The zero-order chi connectivity index (χ0) is 14.3. The number of aromatic nitrogens is 3. The van der Waals surface area contributed by atoms with Crippen molar-refractivity contribution in [3.8, 4) is 0 Å². The minimum atomic E-state index is 0.491. The maximum atomic E-state index is 4.64. The molecule has 3 rings (SSSR count). The molecule has 0 radical (unpaired) electrons. The third-order valence-electron chi connectivity index (χ3n) is 4.52. The largest absolute Gasteiger partial charge is 0.354 e. The molecule has 0 amide bonds. The summed E-state index contributed by atoms with van der Waals surface area (Å²) in [5.74, 6) is 0.967. The second kappa shape index (κ2) is 5.02. The molecule has 20 heavy (non-hydrogen) atoms. The van der Waals surface area contributed by atoms with E-state index in [1.807, 2.05) is 23.0 Å². The fourth-order valence-corrected chi connectivity index (χ4v) is 3.45. The van der Waals surface area contributed by atoms with E-state index in [0.29, 0.717) is 11.5 Å². The molecule has 1 aliphatic rings. The molecule has 2 aromatic heterocycles. The van der Waals surface area contributed by atoms with Crippen LogP contribution in [0.2, 0.25) is 0 Å². The van der Waals surface area contributed by atoms with E-state index in [1.54, 1.807) is 0 Å². The molecule has 1 fully saturated rings.